The van der Waals surface area contributed by atoms with Crippen LogP contribution in [0.4, 0.5) is 0 Å². The molecule has 0 bridgehead atoms. The molecule has 0 unspecified atom stereocenters. The van der Waals surface area contributed by atoms with Crippen molar-refractivity contribution in [2.75, 3.05) is 0 Å². The Labute approximate surface area is 112 Å². The van der Waals surface area contributed by atoms with Crippen molar-refractivity contribution in [2.24, 2.45) is 4.40 Å². The fraction of sp³-hybridized carbons (Fsp3) is 0.364. The van der Waals surface area contributed by atoms with E-state index in [2.05, 4.69) is 57.0 Å². The van der Waals surface area contributed by atoms with Crippen molar-refractivity contribution in [3.63, 3.8) is 0 Å². The predicted octanol–water partition coefficient (Wildman–Crippen LogP) is 5.08. The molecule has 0 aliphatic carbocycles. The Morgan fingerprint density at radius 2 is 1.93 bits per heavy atom. The summed E-state index contributed by atoms with van der Waals surface area (Å²) >= 11 is 8.50. The fourth-order valence-electron chi connectivity index (χ4n) is 0.855. The van der Waals surface area contributed by atoms with Crippen molar-refractivity contribution in [1.82, 2.24) is 0 Å². The maximum absolute atomic E-state index is 4.36. The molecule has 0 aliphatic rings. The second-order valence-electron chi connectivity index (χ2n) is 4.10. The van der Waals surface area contributed by atoms with E-state index in [0.717, 1.165) is 14.5 Å². The molecule has 0 heterocycles. The monoisotopic (exact) mass is 349 g/mol. The van der Waals surface area contributed by atoms with Gasteiger partial charge in [-0.05, 0) is 50.9 Å². The number of nitrogens with zero attached hydrogens (tertiary/aromatic N) is 1. The standard InChI is InChI=1S/C11H13Br2NS/c1-11(2,3)15-14-7-8-6-9(12)4-5-10(8)13/h4-7H,1-3H3. The molecule has 1 nitrogen and oxygen atoms in total. The van der Waals surface area contributed by atoms with E-state index >= 15 is 0 Å². The lowest BCUT2D eigenvalue weighted by Crippen LogP contribution is -2.05. The number of rotatable bonds is 2. The maximum atomic E-state index is 4.36. The van der Waals surface area contributed by atoms with E-state index in [-0.39, 0.29) is 4.75 Å². The van der Waals surface area contributed by atoms with Gasteiger partial charge in [0, 0.05) is 25.5 Å². The third kappa shape index (κ3) is 5.18. The molecular weight excluding hydrogens is 338 g/mol. The summed E-state index contributed by atoms with van der Waals surface area (Å²) in [6.07, 6.45) is 1.88. The first-order valence-corrected chi connectivity index (χ1v) is 6.91. The molecule has 1 aromatic rings. The van der Waals surface area contributed by atoms with Gasteiger partial charge in [-0.15, -0.1) is 0 Å². The average Bonchev–Trinajstić information content (AvgIpc) is 2.09. The highest BCUT2D eigenvalue weighted by Gasteiger charge is 2.09. The molecule has 82 valence electrons. The highest BCUT2D eigenvalue weighted by Crippen LogP contribution is 2.25. The first kappa shape index (κ1) is 13.3. The van der Waals surface area contributed by atoms with E-state index in [9.17, 15) is 0 Å². The molecule has 0 saturated carbocycles. The van der Waals surface area contributed by atoms with Gasteiger partial charge in [0.2, 0.25) is 0 Å². The minimum atomic E-state index is 0.162. The van der Waals surface area contributed by atoms with E-state index in [0.29, 0.717) is 0 Å². The topological polar surface area (TPSA) is 12.4 Å². The first-order chi connectivity index (χ1) is 6.88. The summed E-state index contributed by atoms with van der Waals surface area (Å²) in [5, 5.41) is 0. The van der Waals surface area contributed by atoms with Crippen LogP contribution in [0.1, 0.15) is 26.3 Å². The van der Waals surface area contributed by atoms with Crippen LogP contribution in [-0.4, -0.2) is 11.0 Å². The van der Waals surface area contributed by atoms with E-state index < -0.39 is 0 Å². The lowest BCUT2D eigenvalue weighted by Gasteiger charge is -2.12. The van der Waals surface area contributed by atoms with E-state index in [1.54, 1.807) is 11.9 Å². The van der Waals surface area contributed by atoms with Crippen LogP contribution >= 0.6 is 43.8 Å². The molecule has 0 spiro atoms. The van der Waals surface area contributed by atoms with Gasteiger partial charge >= 0.3 is 0 Å². The molecule has 0 saturated heterocycles. The molecule has 0 atom stereocenters. The Bertz CT molecular complexity index is 369. The number of hydrogen-bond acceptors (Lipinski definition) is 2. The van der Waals surface area contributed by atoms with Gasteiger partial charge in [0.05, 0.1) is 0 Å². The summed E-state index contributed by atoms with van der Waals surface area (Å²) in [6.45, 7) is 6.43. The van der Waals surface area contributed by atoms with Crippen LogP contribution in [0.5, 0.6) is 0 Å². The van der Waals surface area contributed by atoms with Gasteiger partial charge in [0.25, 0.3) is 0 Å². The van der Waals surface area contributed by atoms with E-state index in [1.807, 2.05) is 24.4 Å². The van der Waals surface area contributed by atoms with Crippen molar-refractivity contribution < 1.29 is 0 Å². The van der Waals surface area contributed by atoms with Crippen molar-refractivity contribution in [1.29, 1.82) is 0 Å². The molecule has 4 heteroatoms. The second kappa shape index (κ2) is 5.51. The zero-order valence-electron chi connectivity index (χ0n) is 8.92. The predicted molar refractivity (Wildman–Crippen MR) is 76.8 cm³/mol. The van der Waals surface area contributed by atoms with Crippen LogP contribution < -0.4 is 0 Å². The number of hydrogen-bond donors (Lipinski definition) is 0. The Morgan fingerprint density at radius 3 is 2.53 bits per heavy atom. The Kier molecular flexibility index (Phi) is 4.87. The zero-order valence-corrected chi connectivity index (χ0v) is 12.9. The minimum Gasteiger partial charge on any atom is -0.223 e. The fourth-order valence-corrected chi connectivity index (χ4v) is 2.07. The van der Waals surface area contributed by atoms with Gasteiger partial charge in [0.15, 0.2) is 0 Å². The lowest BCUT2D eigenvalue weighted by atomic mass is 10.2. The summed E-state index contributed by atoms with van der Waals surface area (Å²) in [6, 6.07) is 6.04. The molecule has 1 rings (SSSR count). The molecule has 1 aromatic carbocycles. The van der Waals surface area contributed by atoms with Crippen LogP contribution in [0.3, 0.4) is 0 Å². The Balaban J connectivity index is 2.76. The van der Waals surface area contributed by atoms with Gasteiger partial charge in [-0.2, -0.15) is 0 Å². The third-order valence-corrected chi connectivity index (χ3v) is 3.45. The summed E-state index contributed by atoms with van der Waals surface area (Å²) in [4.78, 5) is 0. The van der Waals surface area contributed by atoms with Gasteiger partial charge in [-0.3, -0.25) is 0 Å². The highest BCUT2D eigenvalue weighted by molar-refractivity contribution is 9.11. The van der Waals surface area contributed by atoms with Crippen molar-refractivity contribution in [3.05, 3.63) is 32.7 Å². The normalized spacial score (nSPS) is 12.3. The van der Waals surface area contributed by atoms with Gasteiger partial charge < -0.3 is 0 Å². The molecule has 0 fully saturated rings. The molecule has 0 amide bonds. The van der Waals surface area contributed by atoms with Crippen LogP contribution in [-0.2, 0) is 0 Å². The van der Waals surface area contributed by atoms with Crippen molar-refractivity contribution in [2.45, 2.75) is 25.5 Å². The first-order valence-electron chi connectivity index (χ1n) is 4.55. The van der Waals surface area contributed by atoms with Gasteiger partial charge in [-0.25, -0.2) is 4.40 Å². The summed E-state index contributed by atoms with van der Waals surface area (Å²) in [5.74, 6) is 0. The third-order valence-electron chi connectivity index (χ3n) is 1.48. The average molecular weight is 351 g/mol. The smallest absolute Gasteiger partial charge is 0.0435 e. The van der Waals surface area contributed by atoms with Crippen LogP contribution in [0.15, 0.2) is 31.5 Å². The molecule has 0 aromatic heterocycles. The van der Waals surface area contributed by atoms with Crippen molar-refractivity contribution in [3.8, 4) is 0 Å². The lowest BCUT2D eigenvalue weighted by molar-refractivity contribution is 0.804. The molecule has 15 heavy (non-hydrogen) atoms. The summed E-state index contributed by atoms with van der Waals surface area (Å²) in [7, 11) is 0. The van der Waals surface area contributed by atoms with Gasteiger partial charge in [0.1, 0.15) is 0 Å². The van der Waals surface area contributed by atoms with E-state index in [4.69, 9.17) is 0 Å². The number of benzene rings is 1. The minimum absolute atomic E-state index is 0.162. The van der Waals surface area contributed by atoms with Crippen LogP contribution in [0, 0.1) is 0 Å². The maximum Gasteiger partial charge on any atom is 0.0435 e. The van der Waals surface area contributed by atoms with Crippen LogP contribution in [0.25, 0.3) is 0 Å². The van der Waals surface area contributed by atoms with E-state index in [1.165, 1.54) is 0 Å². The largest absolute Gasteiger partial charge is 0.223 e. The zero-order chi connectivity index (χ0) is 11.5. The van der Waals surface area contributed by atoms with Crippen molar-refractivity contribution >= 4 is 50.0 Å². The van der Waals surface area contributed by atoms with Crippen LogP contribution in [0.2, 0.25) is 0 Å². The Morgan fingerprint density at radius 1 is 1.27 bits per heavy atom. The van der Waals surface area contributed by atoms with Gasteiger partial charge in [-0.1, -0.05) is 31.9 Å². The highest BCUT2D eigenvalue weighted by atomic mass is 79.9. The Hall–Kier alpha value is 0.200. The molecule has 0 aliphatic heterocycles. The SMILES string of the molecule is CC(C)(C)SN=Cc1cc(Br)ccc1Br. The number of halogens is 2. The molecule has 0 radical (unpaired) electrons. The quantitative estimate of drug-likeness (QED) is 0.535. The summed E-state index contributed by atoms with van der Waals surface area (Å²) < 4.78 is 6.64. The molecular formula is C11H13Br2NS. The second-order valence-corrected chi connectivity index (χ2v) is 7.49. The molecule has 0 N–H and O–H groups in total. The summed E-state index contributed by atoms with van der Waals surface area (Å²) in [5.41, 5.74) is 1.08.